The molecule has 0 unspecified atom stereocenters. The van der Waals surface area contributed by atoms with Crippen LogP contribution >= 0.6 is 11.3 Å². The molecule has 0 spiro atoms. The fourth-order valence-corrected chi connectivity index (χ4v) is 5.49. The maximum absolute atomic E-state index is 13.5. The highest BCUT2D eigenvalue weighted by atomic mass is 32.2. The molecule has 4 rings (SSSR count). The predicted octanol–water partition coefficient (Wildman–Crippen LogP) is 2.55. The van der Waals surface area contributed by atoms with E-state index in [4.69, 9.17) is 0 Å². The lowest BCUT2D eigenvalue weighted by molar-refractivity contribution is -0.122. The van der Waals surface area contributed by atoms with Crippen molar-refractivity contribution in [1.29, 1.82) is 0 Å². The van der Waals surface area contributed by atoms with Crippen molar-refractivity contribution in [3.05, 3.63) is 71.2 Å². The summed E-state index contributed by atoms with van der Waals surface area (Å²) in [4.78, 5) is 31.0. The molecule has 160 valence electrons. The summed E-state index contributed by atoms with van der Waals surface area (Å²) in [6.45, 7) is 2.04. The summed E-state index contributed by atoms with van der Waals surface area (Å²) < 4.78 is 27.2. The topological polar surface area (TPSA) is 99.7 Å². The number of thiazole rings is 1. The first-order valence-corrected chi connectivity index (χ1v) is 11.9. The van der Waals surface area contributed by atoms with E-state index in [9.17, 15) is 18.0 Å². The zero-order valence-electron chi connectivity index (χ0n) is 16.7. The first-order chi connectivity index (χ1) is 14.9. The summed E-state index contributed by atoms with van der Waals surface area (Å²) in [6.07, 6.45) is 0. The minimum Gasteiger partial charge on any atom is -0.354 e. The molecule has 0 aliphatic carbocycles. The first kappa shape index (κ1) is 21.2. The SMILES string of the molecule is Cc1csc(N(C(=O)c2cccc(S(=O)(=O)N3CCNC(=O)C3)c2)c2ccccc2)n1. The number of rotatable bonds is 5. The largest absolute Gasteiger partial charge is 0.354 e. The molecule has 1 fully saturated rings. The third kappa shape index (κ3) is 4.36. The molecule has 1 saturated heterocycles. The van der Waals surface area contributed by atoms with E-state index in [0.29, 0.717) is 10.8 Å². The molecule has 1 aliphatic rings. The fraction of sp³-hybridized carbons (Fsp3) is 0.190. The minimum atomic E-state index is -3.91. The molecule has 0 bridgehead atoms. The van der Waals surface area contributed by atoms with Gasteiger partial charge in [0, 0.05) is 24.0 Å². The number of aromatic nitrogens is 1. The number of hydrogen-bond acceptors (Lipinski definition) is 6. The fourth-order valence-electron chi connectivity index (χ4n) is 3.22. The number of carbonyl (C=O) groups is 2. The van der Waals surface area contributed by atoms with Crippen molar-refractivity contribution in [2.45, 2.75) is 11.8 Å². The highest BCUT2D eigenvalue weighted by molar-refractivity contribution is 7.89. The third-order valence-electron chi connectivity index (χ3n) is 4.74. The van der Waals surface area contributed by atoms with Gasteiger partial charge in [-0.3, -0.25) is 14.5 Å². The molecule has 3 aromatic rings. The Kier molecular flexibility index (Phi) is 5.86. The van der Waals surface area contributed by atoms with E-state index in [1.807, 2.05) is 30.5 Å². The second-order valence-corrected chi connectivity index (χ2v) is 9.74. The summed E-state index contributed by atoms with van der Waals surface area (Å²) in [5.74, 6) is -0.745. The van der Waals surface area contributed by atoms with Gasteiger partial charge in [0.25, 0.3) is 5.91 Å². The number of piperazine rings is 1. The summed E-state index contributed by atoms with van der Waals surface area (Å²) in [5, 5.41) is 4.95. The number of benzene rings is 2. The number of amides is 2. The molecule has 8 nitrogen and oxygen atoms in total. The van der Waals surface area contributed by atoms with Crippen molar-refractivity contribution in [2.24, 2.45) is 0 Å². The van der Waals surface area contributed by atoms with Crippen molar-refractivity contribution in [3.63, 3.8) is 0 Å². The monoisotopic (exact) mass is 456 g/mol. The summed E-state index contributed by atoms with van der Waals surface area (Å²) in [6, 6.07) is 14.9. The van der Waals surface area contributed by atoms with Crippen molar-refractivity contribution >= 4 is 44.0 Å². The molecular weight excluding hydrogens is 436 g/mol. The molecule has 0 atom stereocenters. The molecule has 2 aromatic carbocycles. The van der Waals surface area contributed by atoms with Crippen LogP contribution in [0, 0.1) is 6.92 Å². The normalized spacial score (nSPS) is 14.8. The van der Waals surface area contributed by atoms with Crippen molar-refractivity contribution in [1.82, 2.24) is 14.6 Å². The smallest absolute Gasteiger partial charge is 0.264 e. The predicted molar refractivity (Wildman–Crippen MR) is 118 cm³/mol. The number of aryl methyl sites for hydroxylation is 1. The molecule has 31 heavy (non-hydrogen) atoms. The van der Waals surface area contributed by atoms with Gasteiger partial charge >= 0.3 is 0 Å². The standard InChI is InChI=1S/C21H20N4O4S2/c1-15-14-30-21(23-15)25(17-7-3-2-4-8-17)20(27)16-6-5-9-18(12-16)31(28,29)24-11-10-22-19(26)13-24/h2-9,12,14H,10-11,13H2,1H3,(H,22,26). The number of carbonyl (C=O) groups excluding carboxylic acids is 2. The van der Waals surface area contributed by atoms with E-state index in [0.717, 1.165) is 10.00 Å². The lowest BCUT2D eigenvalue weighted by atomic mass is 10.2. The molecule has 10 heteroatoms. The van der Waals surface area contributed by atoms with E-state index in [1.54, 1.807) is 18.2 Å². The van der Waals surface area contributed by atoms with Crippen molar-refractivity contribution in [2.75, 3.05) is 24.5 Å². The lowest BCUT2D eigenvalue weighted by Crippen LogP contribution is -2.49. The van der Waals surface area contributed by atoms with Crippen LogP contribution in [0.2, 0.25) is 0 Å². The summed E-state index contributed by atoms with van der Waals surface area (Å²) in [5.41, 5.74) is 1.62. The van der Waals surface area contributed by atoms with E-state index >= 15 is 0 Å². The second-order valence-electron chi connectivity index (χ2n) is 6.96. The number of nitrogens with one attached hydrogen (secondary N) is 1. The van der Waals surface area contributed by atoms with Crippen LogP contribution in [-0.4, -0.2) is 49.2 Å². The van der Waals surface area contributed by atoms with Crippen LogP contribution < -0.4 is 10.2 Å². The zero-order chi connectivity index (χ0) is 22.0. The Labute approximate surface area is 184 Å². The molecule has 1 N–H and O–H groups in total. The number of nitrogens with zero attached hydrogens (tertiary/aromatic N) is 3. The van der Waals surface area contributed by atoms with Crippen molar-refractivity contribution < 1.29 is 18.0 Å². The number of anilines is 2. The molecule has 0 saturated carbocycles. The van der Waals surface area contributed by atoms with Gasteiger partial charge < -0.3 is 5.32 Å². The van der Waals surface area contributed by atoms with Crippen LogP contribution in [0.15, 0.2) is 64.9 Å². The zero-order valence-corrected chi connectivity index (χ0v) is 18.3. The van der Waals surface area contributed by atoms with Crippen LogP contribution in [0.5, 0.6) is 0 Å². The second kappa shape index (κ2) is 8.58. The van der Waals surface area contributed by atoms with Gasteiger partial charge in [-0.25, -0.2) is 13.4 Å². The molecule has 2 amide bonds. The number of para-hydroxylation sites is 1. The maximum atomic E-state index is 13.5. The van der Waals surface area contributed by atoms with Crippen LogP contribution in [0.3, 0.4) is 0 Å². The first-order valence-electron chi connectivity index (χ1n) is 9.55. The van der Waals surface area contributed by atoms with E-state index in [1.165, 1.54) is 34.4 Å². The Bertz CT molecular complexity index is 1220. The van der Waals surface area contributed by atoms with Gasteiger partial charge in [-0.05, 0) is 37.3 Å². The molecular formula is C21H20N4O4S2. The van der Waals surface area contributed by atoms with Crippen LogP contribution in [0.1, 0.15) is 16.1 Å². The maximum Gasteiger partial charge on any atom is 0.264 e. The van der Waals surface area contributed by atoms with E-state index in [-0.39, 0.29) is 36.0 Å². The Morgan fingerprint density at radius 3 is 2.61 bits per heavy atom. The summed E-state index contributed by atoms with van der Waals surface area (Å²) in [7, 11) is -3.91. The Morgan fingerprint density at radius 1 is 1.16 bits per heavy atom. The highest BCUT2D eigenvalue weighted by Crippen LogP contribution is 2.31. The van der Waals surface area contributed by atoms with Gasteiger partial charge in [-0.2, -0.15) is 4.31 Å². The van der Waals surface area contributed by atoms with Gasteiger partial charge in [-0.1, -0.05) is 24.3 Å². The van der Waals surface area contributed by atoms with Crippen molar-refractivity contribution in [3.8, 4) is 0 Å². The van der Waals surface area contributed by atoms with Gasteiger partial charge in [0.15, 0.2) is 5.13 Å². The van der Waals surface area contributed by atoms with Crippen LogP contribution in [0.4, 0.5) is 10.8 Å². The van der Waals surface area contributed by atoms with E-state index < -0.39 is 15.9 Å². The average Bonchev–Trinajstić information content (AvgIpc) is 3.20. The van der Waals surface area contributed by atoms with Gasteiger partial charge in [0.05, 0.1) is 22.8 Å². The molecule has 1 aliphatic heterocycles. The lowest BCUT2D eigenvalue weighted by Gasteiger charge is -2.26. The molecule has 0 radical (unpaired) electrons. The third-order valence-corrected chi connectivity index (χ3v) is 7.52. The Morgan fingerprint density at radius 2 is 1.94 bits per heavy atom. The van der Waals surface area contributed by atoms with Crippen LogP contribution in [0.25, 0.3) is 0 Å². The Balaban J connectivity index is 1.71. The number of sulfonamides is 1. The highest BCUT2D eigenvalue weighted by Gasteiger charge is 2.30. The average molecular weight is 457 g/mol. The quantitative estimate of drug-likeness (QED) is 0.636. The van der Waals surface area contributed by atoms with Gasteiger partial charge in [0.1, 0.15) is 0 Å². The molecule has 2 heterocycles. The molecule has 1 aromatic heterocycles. The minimum absolute atomic E-state index is 0.0311. The summed E-state index contributed by atoms with van der Waals surface area (Å²) >= 11 is 1.33. The Hall–Kier alpha value is -3.08. The van der Waals surface area contributed by atoms with Crippen LogP contribution in [-0.2, 0) is 14.8 Å². The van der Waals surface area contributed by atoms with Gasteiger partial charge in [-0.15, -0.1) is 11.3 Å². The number of hydrogen-bond donors (Lipinski definition) is 1. The van der Waals surface area contributed by atoms with E-state index in [2.05, 4.69) is 10.3 Å². The van der Waals surface area contributed by atoms with Gasteiger partial charge in [0.2, 0.25) is 15.9 Å².